The Morgan fingerprint density at radius 1 is 1.26 bits per heavy atom. The first kappa shape index (κ1) is 12.3. The molecule has 1 aromatic heterocycles. The standard InChI is InChI=1S/C13H10F3NOS/c14-13(15,16)8-3-4-10-9(6-8)17-7-11(18-10)12-2-1-5-19-12/h1-6,11,17H,7H2. The van der Waals surface area contributed by atoms with E-state index in [2.05, 4.69) is 5.32 Å². The van der Waals surface area contributed by atoms with Crippen LogP contribution in [-0.4, -0.2) is 6.54 Å². The van der Waals surface area contributed by atoms with E-state index in [1.165, 1.54) is 6.07 Å². The molecule has 1 N–H and O–H groups in total. The van der Waals surface area contributed by atoms with E-state index < -0.39 is 11.7 Å². The van der Waals surface area contributed by atoms with Gasteiger partial charge >= 0.3 is 6.18 Å². The summed E-state index contributed by atoms with van der Waals surface area (Å²) >= 11 is 1.57. The van der Waals surface area contributed by atoms with Gasteiger partial charge in [-0.1, -0.05) is 6.07 Å². The zero-order valence-corrected chi connectivity index (χ0v) is 10.5. The third-order valence-electron chi connectivity index (χ3n) is 2.91. The quantitative estimate of drug-likeness (QED) is 0.843. The molecule has 2 aromatic rings. The van der Waals surface area contributed by atoms with Crippen LogP contribution in [-0.2, 0) is 6.18 Å². The van der Waals surface area contributed by atoms with Gasteiger partial charge in [0.2, 0.25) is 0 Å². The van der Waals surface area contributed by atoms with Crippen molar-refractivity contribution < 1.29 is 17.9 Å². The molecule has 0 bridgehead atoms. The molecular weight excluding hydrogens is 275 g/mol. The van der Waals surface area contributed by atoms with Crippen molar-refractivity contribution in [3.8, 4) is 5.75 Å². The first-order valence-corrected chi connectivity index (χ1v) is 6.57. The van der Waals surface area contributed by atoms with E-state index in [4.69, 9.17) is 4.74 Å². The van der Waals surface area contributed by atoms with Crippen LogP contribution >= 0.6 is 11.3 Å². The van der Waals surface area contributed by atoms with Crippen molar-refractivity contribution in [1.29, 1.82) is 0 Å². The van der Waals surface area contributed by atoms with Crippen molar-refractivity contribution in [3.05, 3.63) is 46.2 Å². The fraction of sp³-hybridized carbons (Fsp3) is 0.231. The summed E-state index contributed by atoms with van der Waals surface area (Å²) in [6.45, 7) is 0.467. The largest absolute Gasteiger partial charge is 0.481 e. The summed E-state index contributed by atoms with van der Waals surface area (Å²) in [4.78, 5) is 1.05. The Morgan fingerprint density at radius 3 is 2.79 bits per heavy atom. The molecule has 0 saturated carbocycles. The predicted molar refractivity (Wildman–Crippen MR) is 67.6 cm³/mol. The van der Waals surface area contributed by atoms with Crippen molar-refractivity contribution in [2.24, 2.45) is 0 Å². The van der Waals surface area contributed by atoms with Crippen molar-refractivity contribution in [2.45, 2.75) is 12.3 Å². The number of anilines is 1. The Bertz CT molecular complexity index is 580. The molecule has 1 aliphatic heterocycles. The Labute approximate surface area is 111 Å². The highest BCUT2D eigenvalue weighted by atomic mass is 32.1. The average molecular weight is 285 g/mol. The summed E-state index contributed by atoms with van der Waals surface area (Å²) in [5, 5.41) is 4.94. The SMILES string of the molecule is FC(F)(F)c1ccc2c(c1)NCC(c1cccs1)O2. The van der Waals surface area contributed by atoms with Gasteiger partial charge in [0, 0.05) is 4.88 Å². The minimum atomic E-state index is -4.33. The van der Waals surface area contributed by atoms with Gasteiger partial charge in [0.1, 0.15) is 5.75 Å². The maximum absolute atomic E-state index is 12.6. The van der Waals surface area contributed by atoms with E-state index in [0.29, 0.717) is 18.0 Å². The Morgan fingerprint density at radius 2 is 2.11 bits per heavy atom. The number of fused-ring (bicyclic) bond motifs is 1. The van der Waals surface area contributed by atoms with Crippen LogP contribution in [0.1, 0.15) is 16.5 Å². The minimum absolute atomic E-state index is 0.149. The molecule has 3 rings (SSSR count). The lowest BCUT2D eigenvalue weighted by Gasteiger charge is -2.27. The van der Waals surface area contributed by atoms with Gasteiger partial charge in [-0.05, 0) is 29.6 Å². The lowest BCUT2D eigenvalue weighted by Crippen LogP contribution is -2.23. The number of hydrogen-bond acceptors (Lipinski definition) is 3. The molecule has 0 amide bonds. The zero-order chi connectivity index (χ0) is 13.5. The monoisotopic (exact) mass is 285 g/mol. The third kappa shape index (κ3) is 2.40. The number of rotatable bonds is 1. The van der Waals surface area contributed by atoms with Crippen LogP contribution in [0.5, 0.6) is 5.75 Å². The van der Waals surface area contributed by atoms with Crippen LogP contribution < -0.4 is 10.1 Å². The fourth-order valence-corrected chi connectivity index (χ4v) is 2.73. The third-order valence-corrected chi connectivity index (χ3v) is 3.88. The summed E-state index contributed by atoms with van der Waals surface area (Å²) in [6, 6.07) is 7.36. The number of halogens is 3. The van der Waals surface area contributed by atoms with Crippen molar-refractivity contribution in [1.82, 2.24) is 0 Å². The van der Waals surface area contributed by atoms with Crippen molar-refractivity contribution in [2.75, 3.05) is 11.9 Å². The lowest BCUT2D eigenvalue weighted by molar-refractivity contribution is -0.137. The number of nitrogens with one attached hydrogen (secondary N) is 1. The minimum Gasteiger partial charge on any atom is -0.481 e. The number of thiophene rings is 1. The van der Waals surface area contributed by atoms with E-state index in [1.54, 1.807) is 11.3 Å². The van der Waals surface area contributed by atoms with E-state index in [9.17, 15) is 13.2 Å². The highest BCUT2D eigenvalue weighted by Gasteiger charge is 2.32. The van der Waals surface area contributed by atoms with Gasteiger partial charge in [0.25, 0.3) is 0 Å². The molecule has 0 fully saturated rings. The van der Waals surface area contributed by atoms with Gasteiger partial charge in [-0.2, -0.15) is 13.2 Å². The molecule has 1 atom stereocenters. The van der Waals surface area contributed by atoms with Gasteiger partial charge < -0.3 is 10.1 Å². The molecule has 0 aliphatic carbocycles. The molecule has 6 heteroatoms. The molecule has 1 aromatic carbocycles. The smallest absolute Gasteiger partial charge is 0.416 e. The highest BCUT2D eigenvalue weighted by Crippen LogP contribution is 2.39. The molecule has 1 unspecified atom stereocenters. The van der Waals surface area contributed by atoms with Gasteiger partial charge in [0.05, 0.1) is 17.8 Å². The van der Waals surface area contributed by atoms with Gasteiger partial charge in [-0.3, -0.25) is 0 Å². The van der Waals surface area contributed by atoms with Gasteiger partial charge in [-0.25, -0.2) is 0 Å². The van der Waals surface area contributed by atoms with Crippen molar-refractivity contribution >= 4 is 17.0 Å². The summed E-state index contributed by atoms with van der Waals surface area (Å²) in [5.41, 5.74) is -0.278. The number of benzene rings is 1. The normalized spacial score (nSPS) is 18.4. The molecule has 100 valence electrons. The van der Waals surface area contributed by atoms with Crippen molar-refractivity contribution in [3.63, 3.8) is 0 Å². The molecule has 2 nitrogen and oxygen atoms in total. The van der Waals surface area contributed by atoms with Crippen LogP contribution in [0.15, 0.2) is 35.7 Å². The van der Waals surface area contributed by atoms with Crippen LogP contribution in [0.25, 0.3) is 0 Å². The lowest BCUT2D eigenvalue weighted by atomic mass is 10.1. The zero-order valence-electron chi connectivity index (χ0n) is 9.70. The first-order chi connectivity index (χ1) is 9.04. The van der Waals surface area contributed by atoms with Crippen LogP contribution in [0.3, 0.4) is 0 Å². The van der Waals surface area contributed by atoms with E-state index >= 15 is 0 Å². The highest BCUT2D eigenvalue weighted by molar-refractivity contribution is 7.10. The Balaban J connectivity index is 1.87. The van der Waals surface area contributed by atoms with E-state index in [0.717, 1.165) is 17.0 Å². The molecule has 0 saturated heterocycles. The average Bonchev–Trinajstić information content (AvgIpc) is 2.90. The Kier molecular flexibility index (Phi) is 2.89. The van der Waals surface area contributed by atoms with Crippen LogP contribution in [0.2, 0.25) is 0 Å². The number of ether oxygens (including phenoxy) is 1. The molecule has 2 heterocycles. The van der Waals surface area contributed by atoms with E-state index in [-0.39, 0.29) is 6.10 Å². The van der Waals surface area contributed by atoms with Gasteiger partial charge in [0.15, 0.2) is 6.10 Å². The van der Waals surface area contributed by atoms with Crippen LogP contribution in [0, 0.1) is 0 Å². The Hall–Kier alpha value is -1.69. The second-order valence-corrected chi connectivity index (χ2v) is 5.19. The van der Waals surface area contributed by atoms with Crippen LogP contribution in [0.4, 0.5) is 18.9 Å². The predicted octanol–water partition coefficient (Wildman–Crippen LogP) is 4.31. The molecule has 1 aliphatic rings. The second-order valence-electron chi connectivity index (χ2n) is 4.21. The van der Waals surface area contributed by atoms with E-state index in [1.807, 2.05) is 17.5 Å². The van der Waals surface area contributed by atoms with Gasteiger partial charge in [-0.15, -0.1) is 11.3 Å². The number of alkyl halides is 3. The second kappa shape index (κ2) is 4.45. The maximum atomic E-state index is 12.6. The summed E-state index contributed by atoms with van der Waals surface area (Å²) in [6.07, 6.45) is -4.48. The number of hydrogen-bond donors (Lipinski definition) is 1. The first-order valence-electron chi connectivity index (χ1n) is 5.69. The topological polar surface area (TPSA) is 21.3 Å². The molecule has 19 heavy (non-hydrogen) atoms. The summed E-state index contributed by atoms with van der Waals surface area (Å²) in [7, 11) is 0. The summed E-state index contributed by atoms with van der Waals surface area (Å²) < 4.78 is 43.5. The molecular formula is C13H10F3NOS. The molecule has 0 spiro atoms. The fourth-order valence-electron chi connectivity index (χ4n) is 1.98. The summed E-state index contributed by atoms with van der Waals surface area (Å²) in [5.74, 6) is 0.456. The molecule has 0 radical (unpaired) electrons. The maximum Gasteiger partial charge on any atom is 0.416 e.